The van der Waals surface area contributed by atoms with Gasteiger partial charge in [0, 0.05) is 18.3 Å². The number of rotatable bonds is 6. The fraction of sp³-hybridized carbons (Fsp3) is 0.227. The van der Waals surface area contributed by atoms with Crippen molar-refractivity contribution in [3.05, 3.63) is 76.7 Å². The van der Waals surface area contributed by atoms with Gasteiger partial charge in [0.25, 0.3) is 5.91 Å². The van der Waals surface area contributed by atoms with Crippen LogP contribution in [0.1, 0.15) is 33.0 Å². The molecule has 2 N–H and O–H groups in total. The zero-order valence-corrected chi connectivity index (χ0v) is 16.5. The van der Waals surface area contributed by atoms with Gasteiger partial charge in [0.05, 0.1) is 7.11 Å². The molecule has 2 aromatic carbocycles. The third-order valence-electron chi connectivity index (χ3n) is 4.18. The van der Waals surface area contributed by atoms with Gasteiger partial charge in [-0.2, -0.15) is 0 Å². The van der Waals surface area contributed by atoms with Crippen LogP contribution in [0, 0.1) is 20.8 Å². The maximum Gasteiger partial charge on any atom is 0.270 e. The van der Waals surface area contributed by atoms with Crippen LogP contribution in [-0.2, 0) is 6.54 Å². The van der Waals surface area contributed by atoms with Crippen molar-refractivity contribution < 1.29 is 9.53 Å². The van der Waals surface area contributed by atoms with Crippen molar-refractivity contribution >= 4 is 17.4 Å². The molecule has 0 saturated carbocycles. The van der Waals surface area contributed by atoms with E-state index < -0.39 is 0 Å². The Balaban J connectivity index is 1.71. The van der Waals surface area contributed by atoms with Gasteiger partial charge in [-0.15, -0.1) is 0 Å². The first-order valence-electron chi connectivity index (χ1n) is 9.05. The summed E-state index contributed by atoms with van der Waals surface area (Å²) in [6.45, 7) is 6.27. The zero-order chi connectivity index (χ0) is 20.1. The molecule has 0 atom stereocenters. The largest absolute Gasteiger partial charge is 0.497 e. The number of ether oxygens (including phenoxy) is 1. The maximum atomic E-state index is 12.6. The molecule has 1 amide bonds. The summed E-state index contributed by atoms with van der Waals surface area (Å²) in [6.07, 6.45) is 0. The Morgan fingerprint density at radius 3 is 2.29 bits per heavy atom. The summed E-state index contributed by atoms with van der Waals surface area (Å²) in [5, 5.41) is 6.15. The van der Waals surface area contributed by atoms with E-state index in [1.54, 1.807) is 20.1 Å². The van der Waals surface area contributed by atoms with Gasteiger partial charge in [0.1, 0.15) is 23.1 Å². The highest BCUT2D eigenvalue weighted by atomic mass is 16.5. The number of aryl methyl sites for hydroxylation is 3. The first kappa shape index (κ1) is 19.4. The van der Waals surface area contributed by atoms with Crippen LogP contribution in [0.2, 0.25) is 0 Å². The van der Waals surface area contributed by atoms with E-state index in [0.717, 1.165) is 28.1 Å². The van der Waals surface area contributed by atoms with Gasteiger partial charge in [-0.3, -0.25) is 4.79 Å². The summed E-state index contributed by atoms with van der Waals surface area (Å²) in [5.41, 5.74) is 4.55. The van der Waals surface area contributed by atoms with Crippen LogP contribution in [0.5, 0.6) is 5.75 Å². The van der Waals surface area contributed by atoms with Crippen LogP contribution in [-0.4, -0.2) is 23.0 Å². The predicted molar refractivity (Wildman–Crippen MR) is 110 cm³/mol. The number of hydrogen-bond acceptors (Lipinski definition) is 5. The number of anilines is 2. The summed E-state index contributed by atoms with van der Waals surface area (Å²) in [5.74, 6) is 1.66. The number of carbonyl (C=O) groups excluding carboxylic acids is 1. The van der Waals surface area contributed by atoms with E-state index >= 15 is 0 Å². The number of nitrogens with zero attached hydrogens (tertiary/aromatic N) is 2. The van der Waals surface area contributed by atoms with Crippen molar-refractivity contribution in [2.75, 3.05) is 12.4 Å². The summed E-state index contributed by atoms with van der Waals surface area (Å²) < 4.78 is 5.14. The van der Waals surface area contributed by atoms with Gasteiger partial charge in [-0.25, -0.2) is 9.97 Å². The standard InChI is InChI=1S/C22H24N4O2/c1-14-9-15(2)11-18(10-14)26-21-12-20(24-16(3)25-21)22(27)23-13-17-5-7-19(28-4)8-6-17/h5-12H,13H2,1-4H3,(H,23,27)(H,24,25,26). The fourth-order valence-corrected chi connectivity index (χ4v) is 2.96. The highest BCUT2D eigenvalue weighted by Gasteiger charge is 2.11. The molecule has 144 valence electrons. The molecule has 0 fully saturated rings. The average molecular weight is 376 g/mol. The molecule has 0 spiro atoms. The van der Waals surface area contributed by atoms with Gasteiger partial charge in [-0.1, -0.05) is 18.2 Å². The Kier molecular flexibility index (Phi) is 5.89. The normalized spacial score (nSPS) is 10.4. The molecular formula is C22H24N4O2. The minimum absolute atomic E-state index is 0.246. The van der Waals surface area contributed by atoms with Crippen LogP contribution in [0.4, 0.5) is 11.5 Å². The molecule has 3 rings (SSSR count). The molecule has 1 heterocycles. The second kappa shape index (κ2) is 8.52. The first-order chi connectivity index (χ1) is 13.4. The van der Waals surface area contributed by atoms with E-state index in [2.05, 4.69) is 26.7 Å². The number of carbonyl (C=O) groups is 1. The van der Waals surface area contributed by atoms with E-state index in [1.807, 2.05) is 50.2 Å². The molecule has 0 aliphatic carbocycles. The van der Waals surface area contributed by atoms with Gasteiger partial charge in [0.2, 0.25) is 0 Å². The van der Waals surface area contributed by atoms with Gasteiger partial charge >= 0.3 is 0 Å². The number of methoxy groups -OCH3 is 1. The number of benzene rings is 2. The Hall–Kier alpha value is -3.41. The van der Waals surface area contributed by atoms with Gasteiger partial charge in [0.15, 0.2) is 0 Å². The molecule has 6 heteroatoms. The van der Waals surface area contributed by atoms with Crippen molar-refractivity contribution in [2.24, 2.45) is 0 Å². The summed E-state index contributed by atoms with van der Waals surface area (Å²) in [4.78, 5) is 21.2. The number of aromatic nitrogens is 2. The van der Waals surface area contributed by atoms with Crippen molar-refractivity contribution in [3.8, 4) is 5.75 Å². The molecule has 0 radical (unpaired) electrons. The number of nitrogens with one attached hydrogen (secondary N) is 2. The van der Waals surface area contributed by atoms with Crippen LogP contribution in [0.3, 0.4) is 0 Å². The number of amides is 1. The second-order valence-electron chi connectivity index (χ2n) is 6.72. The molecule has 28 heavy (non-hydrogen) atoms. The lowest BCUT2D eigenvalue weighted by atomic mass is 10.1. The lowest BCUT2D eigenvalue weighted by Gasteiger charge is -2.11. The fourth-order valence-electron chi connectivity index (χ4n) is 2.96. The Morgan fingerprint density at radius 2 is 1.64 bits per heavy atom. The minimum atomic E-state index is -0.246. The topological polar surface area (TPSA) is 76.1 Å². The lowest BCUT2D eigenvalue weighted by Crippen LogP contribution is -2.24. The van der Waals surface area contributed by atoms with Crippen LogP contribution < -0.4 is 15.4 Å². The van der Waals surface area contributed by atoms with E-state index in [-0.39, 0.29) is 5.91 Å². The van der Waals surface area contributed by atoms with Gasteiger partial charge in [-0.05, 0) is 61.7 Å². The SMILES string of the molecule is COc1ccc(CNC(=O)c2cc(Nc3cc(C)cc(C)c3)nc(C)n2)cc1. The molecular weight excluding hydrogens is 352 g/mol. The average Bonchev–Trinajstić information content (AvgIpc) is 2.65. The zero-order valence-electron chi connectivity index (χ0n) is 16.5. The summed E-state index contributed by atoms with van der Waals surface area (Å²) >= 11 is 0. The molecule has 0 unspecified atom stereocenters. The van der Waals surface area contributed by atoms with Crippen molar-refractivity contribution in [1.29, 1.82) is 0 Å². The van der Waals surface area contributed by atoms with Crippen LogP contribution in [0.25, 0.3) is 0 Å². The van der Waals surface area contributed by atoms with E-state index in [1.165, 1.54) is 0 Å². The molecule has 0 aliphatic heterocycles. The van der Waals surface area contributed by atoms with E-state index in [9.17, 15) is 4.79 Å². The first-order valence-corrected chi connectivity index (χ1v) is 9.05. The highest BCUT2D eigenvalue weighted by Crippen LogP contribution is 2.19. The van der Waals surface area contributed by atoms with Crippen molar-refractivity contribution in [1.82, 2.24) is 15.3 Å². The molecule has 1 aromatic heterocycles. The molecule has 0 aliphatic rings. The number of hydrogen-bond donors (Lipinski definition) is 2. The lowest BCUT2D eigenvalue weighted by molar-refractivity contribution is 0.0945. The van der Waals surface area contributed by atoms with E-state index in [0.29, 0.717) is 23.9 Å². The predicted octanol–water partition coefficient (Wildman–Crippen LogP) is 4.08. The Labute approximate surface area is 165 Å². The summed E-state index contributed by atoms with van der Waals surface area (Å²) in [7, 11) is 1.62. The molecule has 6 nitrogen and oxygen atoms in total. The third kappa shape index (κ3) is 5.07. The molecule has 0 bridgehead atoms. The van der Waals surface area contributed by atoms with Gasteiger partial charge < -0.3 is 15.4 Å². The van der Waals surface area contributed by atoms with Crippen LogP contribution >= 0.6 is 0 Å². The second-order valence-corrected chi connectivity index (χ2v) is 6.72. The third-order valence-corrected chi connectivity index (χ3v) is 4.18. The highest BCUT2D eigenvalue weighted by molar-refractivity contribution is 5.93. The summed E-state index contributed by atoms with van der Waals surface area (Å²) in [6, 6.07) is 15.4. The molecule has 3 aromatic rings. The minimum Gasteiger partial charge on any atom is -0.497 e. The van der Waals surface area contributed by atoms with Crippen molar-refractivity contribution in [2.45, 2.75) is 27.3 Å². The molecule has 0 saturated heterocycles. The smallest absolute Gasteiger partial charge is 0.270 e. The van der Waals surface area contributed by atoms with Crippen molar-refractivity contribution in [3.63, 3.8) is 0 Å². The Bertz CT molecular complexity index is 964. The quantitative estimate of drug-likeness (QED) is 0.678. The monoisotopic (exact) mass is 376 g/mol. The Morgan fingerprint density at radius 1 is 0.964 bits per heavy atom. The maximum absolute atomic E-state index is 12.6. The van der Waals surface area contributed by atoms with E-state index in [4.69, 9.17) is 4.74 Å². The van der Waals surface area contributed by atoms with Crippen LogP contribution in [0.15, 0.2) is 48.5 Å².